The summed E-state index contributed by atoms with van der Waals surface area (Å²) in [5.41, 5.74) is 20.7. The van der Waals surface area contributed by atoms with Crippen LogP contribution in [0.1, 0.15) is 98.9 Å². The van der Waals surface area contributed by atoms with Crippen LogP contribution < -0.4 is 0 Å². The number of rotatable bonds is 9. The average Bonchev–Trinajstić information content (AvgIpc) is 3.84. The van der Waals surface area contributed by atoms with E-state index in [-0.39, 0.29) is 17.8 Å². The lowest BCUT2D eigenvalue weighted by Gasteiger charge is -2.25. The highest BCUT2D eigenvalue weighted by atomic mass is 16.1. The molecule has 0 bridgehead atoms. The zero-order chi connectivity index (χ0) is 36.3. The second-order valence-corrected chi connectivity index (χ2v) is 14.8. The third-order valence-corrected chi connectivity index (χ3v) is 12.3. The third kappa shape index (κ3) is 4.78. The zero-order valence-corrected chi connectivity index (χ0v) is 29.7. The van der Waals surface area contributed by atoms with Gasteiger partial charge in [-0.3, -0.25) is 14.4 Å². The summed E-state index contributed by atoms with van der Waals surface area (Å²) in [6.45, 7) is 0. The number of fused-ring (bicyclic) bond motifs is 12. The Labute approximate surface area is 315 Å². The van der Waals surface area contributed by atoms with Crippen molar-refractivity contribution in [2.24, 2.45) is 0 Å². The van der Waals surface area contributed by atoms with Crippen molar-refractivity contribution >= 4 is 18.9 Å². The Bertz CT molecular complexity index is 2370. The monoisotopic (exact) mass is 696 g/mol. The fourth-order valence-electron chi connectivity index (χ4n) is 10.1. The molecule has 0 N–H and O–H groups in total. The Kier molecular flexibility index (Phi) is 7.69. The normalized spacial score (nSPS) is 16.8. The van der Waals surface area contributed by atoms with Gasteiger partial charge in [-0.1, -0.05) is 146 Å². The minimum Gasteiger partial charge on any atom is -0.298 e. The Morgan fingerprint density at radius 1 is 0.333 bits per heavy atom. The Morgan fingerprint density at radius 3 is 0.889 bits per heavy atom. The van der Waals surface area contributed by atoms with Crippen LogP contribution in [0.3, 0.4) is 0 Å². The van der Waals surface area contributed by atoms with E-state index >= 15 is 0 Å². The minimum atomic E-state index is 0.0111. The predicted octanol–water partition coefficient (Wildman–Crippen LogP) is 11.2. The highest BCUT2D eigenvalue weighted by Crippen LogP contribution is 2.65. The fraction of sp³-hybridized carbons (Fsp3) is 0.118. The van der Waals surface area contributed by atoms with E-state index in [0.29, 0.717) is 19.3 Å². The average molecular weight is 697 g/mol. The van der Waals surface area contributed by atoms with Gasteiger partial charge in [0.15, 0.2) is 0 Å². The smallest absolute Gasteiger partial charge is 0.150 e. The van der Waals surface area contributed by atoms with E-state index in [1.165, 1.54) is 66.8 Å². The highest BCUT2D eigenvalue weighted by molar-refractivity contribution is 6.03. The largest absolute Gasteiger partial charge is 0.298 e. The van der Waals surface area contributed by atoms with Crippen LogP contribution >= 0.6 is 0 Å². The molecule has 7 aromatic carbocycles. The van der Waals surface area contributed by atoms with Gasteiger partial charge in [0.2, 0.25) is 0 Å². The van der Waals surface area contributed by atoms with E-state index in [9.17, 15) is 14.4 Å². The first-order valence-electron chi connectivity index (χ1n) is 18.8. The van der Waals surface area contributed by atoms with E-state index in [2.05, 4.69) is 91.0 Å². The zero-order valence-electron chi connectivity index (χ0n) is 29.7. The Balaban J connectivity index is 1.32. The molecule has 0 aliphatic heterocycles. The van der Waals surface area contributed by atoms with E-state index in [4.69, 9.17) is 0 Å². The summed E-state index contributed by atoms with van der Waals surface area (Å²) in [6.07, 6.45) is 5.02. The molecule has 0 unspecified atom stereocenters. The van der Waals surface area contributed by atoms with Gasteiger partial charge in [-0.15, -0.1) is 0 Å². The van der Waals surface area contributed by atoms with Crippen LogP contribution in [0.15, 0.2) is 146 Å². The second-order valence-electron chi connectivity index (χ2n) is 14.8. The number of hydrogen-bond acceptors (Lipinski definition) is 3. The molecule has 258 valence electrons. The number of carbonyl (C=O) groups is 3. The highest BCUT2D eigenvalue weighted by Gasteiger charge is 2.46. The molecule has 0 spiro atoms. The molecule has 3 nitrogen and oxygen atoms in total. The van der Waals surface area contributed by atoms with Gasteiger partial charge < -0.3 is 0 Å². The predicted molar refractivity (Wildman–Crippen MR) is 215 cm³/mol. The summed E-state index contributed by atoms with van der Waals surface area (Å²) in [6, 6.07) is 50.5. The summed E-state index contributed by atoms with van der Waals surface area (Å²) in [5, 5.41) is 0. The number of aldehydes is 3. The first kappa shape index (κ1) is 32.2. The lowest BCUT2D eigenvalue weighted by Crippen LogP contribution is -2.10. The molecule has 3 aliphatic rings. The molecule has 0 radical (unpaired) electrons. The topological polar surface area (TPSA) is 51.2 Å². The summed E-state index contributed by atoms with van der Waals surface area (Å²) >= 11 is 0. The van der Waals surface area contributed by atoms with Gasteiger partial charge in [-0.05, 0) is 103 Å². The van der Waals surface area contributed by atoms with E-state index in [1.54, 1.807) is 0 Å². The quantitative estimate of drug-likeness (QED) is 0.141. The Hall–Kier alpha value is -6.45. The van der Waals surface area contributed by atoms with Gasteiger partial charge in [0, 0.05) is 34.4 Å². The number of hydrogen-bond donors (Lipinski definition) is 0. The minimum absolute atomic E-state index is 0.0111. The van der Waals surface area contributed by atoms with Crippen molar-refractivity contribution < 1.29 is 14.4 Å². The molecular weight excluding hydrogens is 661 g/mol. The van der Waals surface area contributed by atoms with Crippen LogP contribution in [-0.2, 0) is 19.3 Å². The summed E-state index contributed by atoms with van der Waals surface area (Å²) in [7, 11) is 0. The molecule has 0 saturated heterocycles. The van der Waals surface area contributed by atoms with E-state index in [0.717, 1.165) is 52.2 Å². The van der Waals surface area contributed by atoms with Crippen molar-refractivity contribution in [2.45, 2.75) is 37.0 Å². The number of carbonyl (C=O) groups excluding carboxylic acids is 3. The van der Waals surface area contributed by atoms with Crippen LogP contribution in [0.5, 0.6) is 0 Å². The van der Waals surface area contributed by atoms with Gasteiger partial charge in [-0.25, -0.2) is 0 Å². The molecule has 0 aromatic heterocycles. The molecule has 10 rings (SSSR count). The maximum Gasteiger partial charge on any atom is 0.150 e. The second kappa shape index (κ2) is 12.9. The maximum atomic E-state index is 12.4. The summed E-state index contributed by atoms with van der Waals surface area (Å²) in [4.78, 5) is 37.2. The van der Waals surface area contributed by atoms with Gasteiger partial charge in [0.05, 0.1) is 0 Å². The number of benzene rings is 7. The molecular formula is C51H36O3. The third-order valence-electron chi connectivity index (χ3n) is 12.3. The van der Waals surface area contributed by atoms with Crippen LogP contribution in [0.25, 0.3) is 33.4 Å². The van der Waals surface area contributed by atoms with Gasteiger partial charge in [0.1, 0.15) is 18.9 Å². The van der Waals surface area contributed by atoms with Crippen molar-refractivity contribution in [1.82, 2.24) is 0 Å². The van der Waals surface area contributed by atoms with Crippen molar-refractivity contribution in [1.29, 1.82) is 0 Å². The summed E-state index contributed by atoms with van der Waals surface area (Å²) in [5.74, 6) is 0.0334. The van der Waals surface area contributed by atoms with Crippen molar-refractivity contribution in [3.63, 3.8) is 0 Å². The van der Waals surface area contributed by atoms with E-state index < -0.39 is 0 Å². The lowest BCUT2D eigenvalue weighted by atomic mass is 9.77. The van der Waals surface area contributed by atoms with Crippen LogP contribution in [0, 0.1) is 0 Å². The maximum absolute atomic E-state index is 12.4. The van der Waals surface area contributed by atoms with Gasteiger partial charge in [-0.2, -0.15) is 0 Å². The molecule has 0 heterocycles. The molecule has 7 aromatic rings. The first-order valence-corrected chi connectivity index (χ1v) is 18.8. The molecule has 0 saturated carbocycles. The Morgan fingerprint density at radius 2 is 0.593 bits per heavy atom. The molecule has 3 aliphatic carbocycles. The van der Waals surface area contributed by atoms with Gasteiger partial charge in [0.25, 0.3) is 0 Å². The molecule has 3 heteroatoms. The van der Waals surface area contributed by atoms with Gasteiger partial charge >= 0.3 is 0 Å². The van der Waals surface area contributed by atoms with Crippen LogP contribution in [0.2, 0.25) is 0 Å². The van der Waals surface area contributed by atoms with Crippen molar-refractivity contribution in [2.75, 3.05) is 0 Å². The fourth-order valence-corrected chi connectivity index (χ4v) is 10.1. The standard InChI is InChI=1S/C51H36O3/c52-28-34-16-4-1-13-31(34)25-43-37-19-7-10-22-40(37)46-49(43)47-41-23-11-8-20-38(41)44(26-32-14-2-5-17-35(32)29-53)51(47)48-42-24-12-9-21-39(42)45(50(46)48)27-33-15-3-6-18-36(33)30-54/h1-24,28-30,43-45H,25-27H2/t43-,44-,45-/m1/s1. The molecule has 3 atom stereocenters. The molecule has 54 heavy (non-hydrogen) atoms. The van der Waals surface area contributed by atoms with Crippen molar-refractivity contribution in [3.8, 4) is 33.4 Å². The van der Waals surface area contributed by atoms with E-state index in [1.807, 2.05) is 54.6 Å². The lowest BCUT2D eigenvalue weighted by molar-refractivity contribution is 0.111. The summed E-state index contributed by atoms with van der Waals surface area (Å²) < 4.78 is 0. The SMILES string of the molecule is O=Cc1ccccc1C[C@@H]1c2ccccc2-c2c1c1c(c3c2[C@H](Cc2ccccc2C=O)c2ccccc2-3)[C@H](Cc2ccccc2C=O)c2ccccc2-1. The van der Waals surface area contributed by atoms with Crippen molar-refractivity contribution in [3.05, 3.63) is 212 Å². The van der Waals surface area contributed by atoms with Crippen LogP contribution in [0.4, 0.5) is 0 Å². The first-order chi connectivity index (χ1) is 26.7. The van der Waals surface area contributed by atoms with Crippen LogP contribution in [-0.4, -0.2) is 18.9 Å². The molecule has 0 fully saturated rings. The molecule has 0 amide bonds.